The molecule has 3 aromatic rings. The fourth-order valence-electron chi connectivity index (χ4n) is 3.44. The van der Waals surface area contributed by atoms with Crippen LogP contribution in [0, 0.1) is 6.92 Å². The maximum atomic E-state index is 12.6. The molecule has 0 aliphatic heterocycles. The number of ketones is 1. The molecule has 0 radical (unpaired) electrons. The van der Waals surface area contributed by atoms with Gasteiger partial charge in [0.25, 0.3) is 5.56 Å². The zero-order chi connectivity index (χ0) is 16.7. The molecule has 4 rings (SSSR count). The molecule has 0 bridgehead atoms. The van der Waals surface area contributed by atoms with Crippen molar-refractivity contribution in [3.8, 4) is 0 Å². The van der Waals surface area contributed by atoms with Crippen molar-refractivity contribution in [3.05, 3.63) is 75.3 Å². The molecule has 120 valence electrons. The minimum absolute atomic E-state index is 0.0223. The van der Waals surface area contributed by atoms with Crippen molar-refractivity contribution in [1.82, 2.24) is 9.55 Å². The van der Waals surface area contributed by atoms with Gasteiger partial charge in [0.1, 0.15) is 0 Å². The molecule has 0 saturated carbocycles. The fourth-order valence-corrected chi connectivity index (χ4v) is 3.44. The third-order valence-corrected chi connectivity index (χ3v) is 4.79. The van der Waals surface area contributed by atoms with Crippen molar-refractivity contribution in [2.24, 2.45) is 0 Å². The van der Waals surface area contributed by atoms with E-state index in [0.717, 1.165) is 24.8 Å². The molecule has 0 saturated heterocycles. The number of fused-ring (bicyclic) bond motifs is 2. The second-order valence-corrected chi connectivity index (χ2v) is 6.41. The van der Waals surface area contributed by atoms with E-state index < -0.39 is 0 Å². The number of hydrogen-bond donors (Lipinski definition) is 0. The van der Waals surface area contributed by atoms with Gasteiger partial charge in [-0.25, -0.2) is 4.98 Å². The average Bonchev–Trinajstić information content (AvgIpc) is 3.05. The van der Waals surface area contributed by atoms with Gasteiger partial charge in [-0.1, -0.05) is 24.3 Å². The number of nitrogens with zero attached hydrogens (tertiary/aromatic N) is 2. The van der Waals surface area contributed by atoms with Gasteiger partial charge in [0.2, 0.25) is 0 Å². The Morgan fingerprint density at radius 3 is 2.88 bits per heavy atom. The smallest absolute Gasteiger partial charge is 0.261 e. The number of aryl methyl sites for hydroxylation is 3. The Morgan fingerprint density at radius 2 is 2.00 bits per heavy atom. The molecule has 2 aromatic carbocycles. The van der Waals surface area contributed by atoms with Gasteiger partial charge in [-0.15, -0.1) is 0 Å². The third-order valence-electron chi connectivity index (χ3n) is 4.79. The van der Waals surface area contributed by atoms with Crippen LogP contribution in [0.4, 0.5) is 0 Å². The number of Topliss-reactive ketones (excluding diaryl/α,β-unsaturated/α-hetero) is 1. The highest BCUT2D eigenvalue weighted by Gasteiger charge is 2.15. The number of carbonyl (C=O) groups is 1. The van der Waals surface area contributed by atoms with Crippen molar-refractivity contribution < 1.29 is 4.79 Å². The summed E-state index contributed by atoms with van der Waals surface area (Å²) >= 11 is 0. The molecule has 0 amide bonds. The summed E-state index contributed by atoms with van der Waals surface area (Å²) in [5.41, 5.74) is 4.77. The normalized spacial score (nSPS) is 13.2. The molecule has 4 nitrogen and oxygen atoms in total. The SMILES string of the molecule is Cc1cccc2c(=O)n(CC(=O)c3ccc4c(c3)CCC4)cnc12. The monoisotopic (exact) mass is 318 g/mol. The Labute approximate surface area is 139 Å². The van der Waals surface area contributed by atoms with E-state index in [1.807, 2.05) is 37.3 Å². The van der Waals surface area contributed by atoms with Crippen LogP contribution in [0.1, 0.15) is 33.5 Å². The number of rotatable bonds is 3. The molecule has 0 spiro atoms. The van der Waals surface area contributed by atoms with E-state index in [2.05, 4.69) is 4.98 Å². The first-order chi connectivity index (χ1) is 11.6. The molecule has 4 heteroatoms. The predicted molar refractivity (Wildman–Crippen MR) is 93.5 cm³/mol. The quantitative estimate of drug-likeness (QED) is 0.697. The molecular formula is C20H18N2O2. The lowest BCUT2D eigenvalue weighted by Gasteiger charge is -2.08. The van der Waals surface area contributed by atoms with Crippen molar-refractivity contribution in [2.45, 2.75) is 32.7 Å². The lowest BCUT2D eigenvalue weighted by atomic mass is 10.0. The molecule has 1 aliphatic rings. The van der Waals surface area contributed by atoms with E-state index in [9.17, 15) is 9.59 Å². The lowest BCUT2D eigenvalue weighted by Crippen LogP contribution is -2.25. The zero-order valence-electron chi connectivity index (χ0n) is 13.6. The van der Waals surface area contributed by atoms with Gasteiger partial charge < -0.3 is 0 Å². The second-order valence-electron chi connectivity index (χ2n) is 6.41. The highest BCUT2D eigenvalue weighted by Crippen LogP contribution is 2.23. The van der Waals surface area contributed by atoms with E-state index in [-0.39, 0.29) is 17.9 Å². The first-order valence-electron chi connectivity index (χ1n) is 8.23. The van der Waals surface area contributed by atoms with Crippen LogP contribution in [-0.2, 0) is 19.4 Å². The number of benzene rings is 2. The molecule has 0 fully saturated rings. The van der Waals surface area contributed by atoms with Crippen molar-refractivity contribution in [2.75, 3.05) is 0 Å². The van der Waals surface area contributed by atoms with E-state index in [0.29, 0.717) is 16.5 Å². The summed E-state index contributed by atoms with van der Waals surface area (Å²) in [5, 5.41) is 0.555. The summed E-state index contributed by atoms with van der Waals surface area (Å²) < 4.78 is 1.40. The summed E-state index contributed by atoms with van der Waals surface area (Å²) in [7, 11) is 0. The summed E-state index contributed by atoms with van der Waals surface area (Å²) in [6.07, 6.45) is 4.76. The minimum Gasteiger partial charge on any atom is -0.292 e. The number of carbonyl (C=O) groups excluding carboxylic acids is 1. The van der Waals surface area contributed by atoms with Crippen LogP contribution in [0.2, 0.25) is 0 Å². The van der Waals surface area contributed by atoms with Crippen LogP contribution in [0.15, 0.2) is 47.5 Å². The minimum atomic E-state index is -0.168. The highest BCUT2D eigenvalue weighted by atomic mass is 16.1. The molecule has 24 heavy (non-hydrogen) atoms. The maximum absolute atomic E-state index is 12.6. The molecule has 0 N–H and O–H groups in total. The number of aromatic nitrogens is 2. The highest BCUT2D eigenvalue weighted by molar-refractivity contribution is 5.96. The van der Waals surface area contributed by atoms with Crippen molar-refractivity contribution in [1.29, 1.82) is 0 Å². The molecule has 0 unspecified atom stereocenters. The largest absolute Gasteiger partial charge is 0.292 e. The summed E-state index contributed by atoms with van der Waals surface area (Å²) in [4.78, 5) is 29.5. The van der Waals surface area contributed by atoms with E-state index in [1.165, 1.54) is 22.0 Å². The molecule has 1 heterocycles. The zero-order valence-corrected chi connectivity index (χ0v) is 13.6. The average molecular weight is 318 g/mol. The van der Waals surface area contributed by atoms with Crippen LogP contribution in [0.25, 0.3) is 10.9 Å². The van der Waals surface area contributed by atoms with Crippen molar-refractivity contribution in [3.63, 3.8) is 0 Å². The summed E-state index contributed by atoms with van der Waals surface area (Å²) in [6, 6.07) is 11.4. The van der Waals surface area contributed by atoms with Gasteiger partial charge in [-0.3, -0.25) is 14.2 Å². The second kappa shape index (κ2) is 5.71. The van der Waals surface area contributed by atoms with E-state index in [1.54, 1.807) is 6.07 Å². The summed E-state index contributed by atoms with van der Waals surface area (Å²) in [6.45, 7) is 1.95. The Hall–Kier alpha value is -2.75. The first-order valence-corrected chi connectivity index (χ1v) is 8.23. The lowest BCUT2D eigenvalue weighted by molar-refractivity contribution is 0.0970. The standard InChI is InChI=1S/C20H18N2O2/c1-13-4-2-7-17-19(13)21-12-22(20(17)24)11-18(23)16-9-8-14-5-3-6-15(14)10-16/h2,4,7-10,12H,3,5-6,11H2,1H3. The van der Waals surface area contributed by atoms with Crippen LogP contribution < -0.4 is 5.56 Å². The Balaban J connectivity index is 1.68. The molecule has 1 aromatic heterocycles. The van der Waals surface area contributed by atoms with Gasteiger partial charge in [0.15, 0.2) is 5.78 Å². The van der Waals surface area contributed by atoms with Crippen LogP contribution >= 0.6 is 0 Å². The number of para-hydroxylation sites is 1. The molecule has 1 aliphatic carbocycles. The van der Waals surface area contributed by atoms with E-state index in [4.69, 9.17) is 0 Å². The maximum Gasteiger partial charge on any atom is 0.261 e. The Kier molecular flexibility index (Phi) is 3.53. The molecular weight excluding hydrogens is 300 g/mol. The fraction of sp³-hybridized carbons (Fsp3) is 0.250. The van der Waals surface area contributed by atoms with Gasteiger partial charge in [-0.05, 0) is 55.0 Å². The third kappa shape index (κ3) is 2.44. The van der Waals surface area contributed by atoms with E-state index >= 15 is 0 Å². The van der Waals surface area contributed by atoms with Crippen LogP contribution in [0.5, 0.6) is 0 Å². The van der Waals surface area contributed by atoms with Crippen LogP contribution in [0.3, 0.4) is 0 Å². The first kappa shape index (κ1) is 14.8. The van der Waals surface area contributed by atoms with Gasteiger partial charge in [-0.2, -0.15) is 0 Å². The number of hydrogen-bond acceptors (Lipinski definition) is 3. The molecule has 0 atom stereocenters. The van der Waals surface area contributed by atoms with Crippen molar-refractivity contribution >= 4 is 16.7 Å². The Morgan fingerprint density at radius 1 is 1.17 bits per heavy atom. The summed E-state index contributed by atoms with van der Waals surface area (Å²) in [5.74, 6) is -0.0550. The Bertz CT molecular complexity index is 1020. The topological polar surface area (TPSA) is 52.0 Å². The predicted octanol–water partition coefficient (Wildman–Crippen LogP) is 3.08. The van der Waals surface area contributed by atoms with Gasteiger partial charge in [0, 0.05) is 5.56 Å². The van der Waals surface area contributed by atoms with Gasteiger partial charge in [0.05, 0.1) is 23.8 Å². The van der Waals surface area contributed by atoms with Crippen LogP contribution in [-0.4, -0.2) is 15.3 Å². The van der Waals surface area contributed by atoms with Gasteiger partial charge >= 0.3 is 0 Å².